The van der Waals surface area contributed by atoms with Crippen molar-refractivity contribution in [3.05, 3.63) is 24.2 Å². The molecule has 5 heteroatoms. The number of carbonyl (C=O) groups excluding carboxylic acids is 1. The summed E-state index contributed by atoms with van der Waals surface area (Å²) in [6.45, 7) is 0.179. The van der Waals surface area contributed by atoms with E-state index in [4.69, 9.17) is 16.0 Å². The van der Waals surface area contributed by atoms with Crippen LogP contribution in [0.25, 0.3) is 0 Å². The van der Waals surface area contributed by atoms with Gasteiger partial charge in [-0.05, 0) is 12.1 Å². The van der Waals surface area contributed by atoms with E-state index in [2.05, 4.69) is 9.73 Å². The highest BCUT2D eigenvalue weighted by Gasteiger charge is 1.97. The van der Waals surface area contributed by atoms with Crippen LogP contribution in [-0.4, -0.2) is 24.8 Å². The Morgan fingerprint density at radius 3 is 3.21 bits per heavy atom. The van der Waals surface area contributed by atoms with Gasteiger partial charge in [0.2, 0.25) is 0 Å². The van der Waals surface area contributed by atoms with E-state index in [1.807, 2.05) is 0 Å². The molecular formula is C9H10ClNO3. The summed E-state index contributed by atoms with van der Waals surface area (Å²) in [5, 5.41) is 0. The van der Waals surface area contributed by atoms with Gasteiger partial charge in [0.1, 0.15) is 12.4 Å². The Balaban J connectivity index is 2.23. The summed E-state index contributed by atoms with van der Waals surface area (Å²) in [6, 6.07) is 3.57. The molecule has 0 aliphatic rings. The summed E-state index contributed by atoms with van der Waals surface area (Å²) in [5.74, 6) is 1.03. The van der Waals surface area contributed by atoms with Gasteiger partial charge in [-0.2, -0.15) is 4.99 Å². The smallest absolute Gasteiger partial charge is 0.433 e. The first-order chi connectivity index (χ1) is 6.83. The second kappa shape index (κ2) is 6.21. The van der Waals surface area contributed by atoms with Crippen molar-refractivity contribution < 1.29 is 13.9 Å². The van der Waals surface area contributed by atoms with E-state index in [0.29, 0.717) is 6.42 Å². The van der Waals surface area contributed by atoms with Crippen molar-refractivity contribution in [1.29, 1.82) is 0 Å². The van der Waals surface area contributed by atoms with Gasteiger partial charge in [-0.15, -0.1) is 11.6 Å². The lowest BCUT2D eigenvalue weighted by molar-refractivity contribution is 0.164. The van der Waals surface area contributed by atoms with Gasteiger partial charge >= 0.3 is 6.09 Å². The molecule has 0 unspecified atom stereocenters. The number of rotatable bonds is 4. The molecule has 0 saturated heterocycles. The molecule has 1 heterocycles. The molecule has 0 spiro atoms. The van der Waals surface area contributed by atoms with Gasteiger partial charge in [0.05, 0.1) is 12.1 Å². The van der Waals surface area contributed by atoms with E-state index in [9.17, 15) is 4.79 Å². The maximum absolute atomic E-state index is 10.8. The number of hydrogen-bond acceptors (Lipinski definition) is 3. The summed E-state index contributed by atoms with van der Waals surface area (Å²) >= 11 is 5.32. The lowest BCUT2D eigenvalue weighted by Crippen LogP contribution is -2.02. The van der Waals surface area contributed by atoms with Crippen molar-refractivity contribution in [2.75, 3.05) is 12.5 Å². The highest BCUT2D eigenvalue weighted by Crippen LogP contribution is 1.98. The zero-order valence-corrected chi connectivity index (χ0v) is 8.24. The number of halogens is 1. The molecule has 0 radical (unpaired) electrons. The van der Waals surface area contributed by atoms with Crippen LogP contribution in [0.1, 0.15) is 5.76 Å². The normalized spacial score (nSPS) is 10.6. The summed E-state index contributed by atoms with van der Waals surface area (Å²) in [5.41, 5.74) is 0. The van der Waals surface area contributed by atoms with E-state index in [1.165, 1.54) is 6.21 Å². The largest absolute Gasteiger partial charge is 0.469 e. The first kappa shape index (κ1) is 10.8. The number of furan rings is 1. The van der Waals surface area contributed by atoms with Crippen LogP contribution in [0.3, 0.4) is 0 Å². The van der Waals surface area contributed by atoms with E-state index in [1.54, 1.807) is 18.4 Å². The van der Waals surface area contributed by atoms with Crippen LogP contribution in [0, 0.1) is 0 Å². The molecule has 76 valence electrons. The molecule has 0 saturated carbocycles. The van der Waals surface area contributed by atoms with Crippen molar-refractivity contribution >= 4 is 23.9 Å². The molecule has 0 bridgehead atoms. The third kappa shape index (κ3) is 4.09. The SMILES string of the molecule is O=C(N=CCc1ccco1)OCCCl. The molecule has 14 heavy (non-hydrogen) atoms. The average molecular weight is 216 g/mol. The number of alkyl halides is 1. The topological polar surface area (TPSA) is 51.8 Å². The first-order valence-corrected chi connectivity index (χ1v) is 4.64. The highest BCUT2D eigenvalue weighted by molar-refractivity contribution is 6.18. The minimum absolute atomic E-state index is 0.179. The number of nitrogens with zero attached hydrogens (tertiary/aromatic N) is 1. The zero-order chi connectivity index (χ0) is 10.2. The third-order valence-electron chi connectivity index (χ3n) is 1.37. The van der Waals surface area contributed by atoms with Crippen LogP contribution in [0.2, 0.25) is 0 Å². The monoisotopic (exact) mass is 215 g/mol. The molecule has 1 aromatic rings. The number of ether oxygens (including phenoxy) is 1. The number of amides is 1. The Morgan fingerprint density at radius 1 is 1.71 bits per heavy atom. The Bertz CT molecular complexity index is 295. The standard InChI is InChI=1S/C9H10ClNO3/c10-4-7-14-9(12)11-5-3-8-2-1-6-13-8/h1-2,5-6H,3-4,7H2. The van der Waals surface area contributed by atoms with Crippen molar-refractivity contribution in [3.8, 4) is 0 Å². The number of carbonyl (C=O) groups is 1. The van der Waals surface area contributed by atoms with Crippen LogP contribution in [0.15, 0.2) is 27.8 Å². The average Bonchev–Trinajstić information content (AvgIpc) is 2.67. The summed E-state index contributed by atoms with van der Waals surface area (Å²) in [4.78, 5) is 14.4. The molecule has 4 nitrogen and oxygen atoms in total. The van der Waals surface area contributed by atoms with E-state index >= 15 is 0 Å². The van der Waals surface area contributed by atoms with Crippen molar-refractivity contribution in [1.82, 2.24) is 0 Å². The minimum atomic E-state index is -0.628. The second-order valence-electron chi connectivity index (χ2n) is 2.40. The van der Waals surface area contributed by atoms with Gasteiger partial charge in [0.15, 0.2) is 0 Å². The highest BCUT2D eigenvalue weighted by atomic mass is 35.5. The van der Waals surface area contributed by atoms with E-state index in [0.717, 1.165) is 5.76 Å². The molecule has 1 rings (SSSR count). The second-order valence-corrected chi connectivity index (χ2v) is 2.78. The Kier molecular flexibility index (Phi) is 4.78. The molecule has 0 N–H and O–H groups in total. The van der Waals surface area contributed by atoms with Crippen molar-refractivity contribution in [3.63, 3.8) is 0 Å². The summed E-state index contributed by atoms with van der Waals surface area (Å²) in [6.07, 6.45) is 2.85. The molecule has 1 amide bonds. The van der Waals surface area contributed by atoms with Crippen molar-refractivity contribution in [2.45, 2.75) is 6.42 Å². The first-order valence-electron chi connectivity index (χ1n) is 4.10. The van der Waals surface area contributed by atoms with Crippen LogP contribution >= 0.6 is 11.6 Å². The number of hydrogen-bond donors (Lipinski definition) is 0. The zero-order valence-electron chi connectivity index (χ0n) is 7.48. The van der Waals surface area contributed by atoms with Crippen LogP contribution in [0.5, 0.6) is 0 Å². The van der Waals surface area contributed by atoms with Crippen molar-refractivity contribution in [2.24, 2.45) is 4.99 Å². The van der Waals surface area contributed by atoms with Gasteiger partial charge < -0.3 is 9.15 Å². The van der Waals surface area contributed by atoms with Crippen LogP contribution in [-0.2, 0) is 11.2 Å². The van der Waals surface area contributed by atoms with Gasteiger partial charge in [-0.25, -0.2) is 4.79 Å². The van der Waals surface area contributed by atoms with Crippen LogP contribution in [0.4, 0.5) is 4.79 Å². The predicted octanol–water partition coefficient (Wildman–Crippen LogP) is 2.27. The fourth-order valence-electron chi connectivity index (χ4n) is 0.802. The van der Waals surface area contributed by atoms with E-state index in [-0.39, 0.29) is 12.5 Å². The maximum atomic E-state index is 10.8. The van der Waals surface area contributed by atoms with Gasteiger partial charge in [0.25, 0.3) is 0 Å². The third-order valence-corrected chi connectivity index (χ3v) is 1.53. The maximum Gasteiger partial charge on any atom is 0.433 e. The fraction of sp³-hybridized carbons (Fsp3) is 0.333. The Hall–Kier alpha value is -1.29. The lowest BCUT2D eigenvalue weighted by Gasteiger charge is -1.94. The molecule has 0 atom stereocenters. The van der Waals surface area contributed by atoms with Gasteiger partial charge in [-0.1, -0.05) is 0 Å². The van der Waals surface area contributed by atoms with Crippen LogP contribution < -0.4 is 0 Å². The summed E-state index contributed by atoms with van der Waals surface area (Å²) < 4.78 is 9.64. The summed E-state index contributed by atoms with van der Waals surface area (Å²) in [7, 11) is 0. The number of aliphatic imine (C=N–C) groups is 1. The lowest BCUT2D eigenvalue weighted by atomic mass is 10.3. The van der Waals surface area contributed by atoms with Gasteiger partial charge in [0, 0.05) is 12.6 Å². The Labute approximate surface area is 86.5 Å². The molecule has 0 aliphatic heterocycles. The molecular weight excluding hydrogens is 206 g/mol. The van der Waals surface area contributed by atoms with Gasteiger partial charge in [-0.3, -0.25) is 0 Å². The molecule has 0 fully saturated rings. The predicted molar refractivity (Wildman–Crippen MR) is 53.0 cm³/mol. The molecule has 1 aromatic heterocycles. The quantitative estimate of drug-likeness (QED) is 0.572. The molecule has 0 aliphatic carbocycles. The molecule has 0 aromatic carbocycles. The minimum Gasteiger partial charge on any atom is -0.469 e. The fourth-order valence-corrected chi connectivity index (χ4v) is 0.879. The van der Waals surface area contributed by atoms with E-state index < -0.39 is 6.09 Å². The Morgan fingerprint density at radius 2 is 2.57 bits per heavy atom.